The molecule has 0 spiro atoms. The first-order valence-corrected chi connectivity index (χ1v) is 5.77. The van der Waals surface area contributed by atoms with Crippen LogP contribution in [0.5, 0.6) is 5.75 Å². The summed E-state index contributed by atoms with van der Waals surface area (Å²) in [6.45, 7) is 2.05. The molecule has 2 rings (SSSR count). The molecule has 0 aliphatic carbocycles. The van der Waals surface area contributed by atoms with Gasteiger partial charge in [-0.3, -0.25) is 0 Å². The van der Waals surface area contributed by atoms with Crippen LogP contribution in [0.25, 0.3) is 0 Å². The molecule has 4 heteroatoms. The fraction of sp³-hybridized carbons (Fsp3) is 0.133. The standard InChI is InChI=1S/C15H13FN2O/c1-10-14(18)3-2-4-15(10)19-9-12-5-11(8-17)6-13(16)7-12/h2-7H,9,18H2,1H3. The van der Waals surface area contributed by atoms with Gasteiger partial charge in [0.05, 0.1) is 11.6 Å². The molecule has 19 heavy (non-hydrogen) atoms. The number of nitrogens with two attached hydrogens (primary N) is 1. The smallest absolute Gasteiger partial charge is 0.124 e. The van der Waals surface area contributed by atoms with Crippen LogP contribution in [0.3, 0.4) is 0 Å². The van der Waals surface area contributed by atoms with Crippen LogP contribution in [-0.2, 0) is 6.61 Å². The Morgan fingerprint density at radius 1 is 1.32 bits per heavy atom. The Hall–Kier alpha value is -2.54. The van der Waals surface area contributed by atoms with E-state index in [1.54, 1.807) is 24.3 Å². The van der Waals surface area contributed by atoms with Crippen LogP contribution in [0.2, 0.25) is 0 Å². The van der Waals surface area contributed by atoms with Crippen molar-refractivity contribution in [2.45, 2.75) is 13.5 Å². The molecule has 0 heterocycles. The molecule has 0 aliphatic heterocycles. The van der Waals surface area contributed by atoms with E-state index in [0.29, 0.717) is 17.0 Å². The molecule has 0 saturated heterocycles. The third-order valence-corrected chi connectivity index (χ3v) is 2.81. The van der Waals surface area contributed by atoms with Crippen molar-refractivity contribution in [3.63, 3.8) is 0 Å². The molecule has 0 aliphatic rings. The van der Waals surface area contributed by atoms with E-state index in [0.717, 1.165) is 5.56 Å². The molecule has 0 bridgehead atoms. The molecule has 96 valence electrons. The van der Waals surface area contributed by atoms with Gasteiger partial charge < -0.3 is 10.5 Å². The number of hydrogen-bond donors (Lipinski definition) is 1. The first-order valence-electron chi connectivity index (χ1n) is 5.77. The van der Waals surface area contributed by atoms with Gasteiger partial charge in [-0.15, -0.1) is 0 Å². The summed E-state index contributed by atoms with van der Waals surface area (Å²) in [4.78, 5) is 0. The number of rotatable bonds is 3. The van der Waals surface area contributed by atoms with Crippen molar-refractivity contribution < 1.29 is 9.13 Å². The third kappa shape index (κ3) is 3.02. The van der Waals surface area contributed by atoms with Crippen molar-refractivity contribution in [2.75, 3.05) is 5.73 Å². The minimum atomic E-state index is -0.443. The first kappa shape index (κ1) is 12.9. The second-order valence-corrected chi connectivity index (χ2v) is 4.22. The zero-order valence-corrected chi connectivity index (χ0v) is 10.5. The molecule has 2 N–H and O–H groups in total. The molecular weight excluding hydrogens is 243 g/mol. The van der Waals surface area contributed by atoms with Gasteiger partial charge in [-0.05, 0) is 42.8 Å². The van der Waals surface area contributed by atoms with E-state index in [1.807, 2.05) is 13.0 Å². The zero-order chi connectivity index (χ0) is 13.8. The van der Waals surface area contributed by atoms with Crippen molar-refractivity contribution in [3.05, 3.63) is 58.9 Å². The number of halogens is 1. The second-order valence-electron chi connectivity index (χ2n) is 4.22. The Balaban J connectivity index is 2.17. The number of nitrogens with zero attached hydrogens (tertiary/aromatic N) is 1. The van der Waals surface area contributed by atoms with Crippen LogP contribution >= 0.6 is 0 Å². The van der Waals surface area contributed by atoms with Gasteiger partial charge in [-0.2, -0.15) is 5.26 Å². The van der Waals surface area contributed by atoms with Crippen molar-refractivity contribution in [2.24, 2.45) is 0 Å². The average molecular weight is 256 g/mol. The predicted molar refractivity (Wildman–Crippen MR) is 71.0 cm³/mol. The predicted octanol–water partition coefficient (Wildman–Crippen LogP) is 3.17. The Morgan fingerprint density at radius 2 is 2.11 bits per heavy atom. The summed E-state index contributed by atoms with van der Waals surface area (Å²) < 4.78 is 18.9. The SMILES string of the molecule is Cc1c(N)cccc1OCc1cc(F)cc(C#N)c1. The van der Waals surface area contributed by atoms with Crippen molar-refractivity contribution in [1.29, 1.82) is 5.26 Å². The molecule has 2 aromatic rings. The van der Waals surface area contributed by atoms with Crippen molar-refractivity contribution >= 4 is 5.69 Å². The monoisotopic (exact) mass is 256 g/mol. The summed E-state index contributed by atoms with van der Waals surface area (Å²) in [6.07, 6.45) is 0. The highest BCUT2D eigenvalue weighted by molar-refractivity contribution is 5.53. The zero-order valence-electron chi connectivity index (χ0n) is 10.5. The fourth-order valence-electron chi connectivity index (χ4n) is 1.75. The number of nitrogen functional groups attached to an aromatic ring is 1. The Bertz CT molecular complexity index is 647. The molecular formula is C15H13FN2O. The second kappa shape index (κ2) is 5.40. The van der Waals surface area contributed by atoms with Gasteiger partial charge in [0.15, 0.2) is 0 Å². The summed E-state index contributed by atoms with van der Waals surface area (Å²) in [6, 6.07) is 11.4. The van der Waals surface area contributed by atoms with E-state index >= 15 is 0 Å². The number of hydrogen-bond acceptors (Lipinski definition) is 3. The Morgan fingerprint density at radius 3 is 2.84 bits per heavy atom. The van der Waals surface area contributed by atoms with Crippen LogP contribution < -0.4 is 10.5 Å². The van der Waals surface area contributed by atoms with Gasteiger partial charge in [0.1, 0.15) is 18.2 Å². The van der Waals surface area contributed by atoms with E-state index in [9.17, 15) is 4.39 Å². The van der Waals surface area contributed by atoms with Gasteiger partial charge in [-0.25, -0.2) is 4.39 Å². The maximum Gasteiger partial charge on any atom is 0.124 e. The molecule has 2 aromatic carbocycles. The molecule has 3 nitrogen and oxygen atoms in total. The molecule has 0 radical (unpaired) electrons. The number of anilines is 1. The van der Waals surface area contributed by atoms with Crippen LogP contribution in [0.15, 0.2) is 36.4 Å². The van der Waals surface area contributed by atoms with Gasteiger partial charge in [0, 0.05) is 11.3 Å². The highest BCUT2D eigenvalue weighted by Gasteiger charge is 2.05. The van der Waals surface area contributed by atoms with Gasteiger partial charge >= 0.3 is 0 Å². The summed E-state index contributed by atoms with van der Waals surface area (Å²) in [5, 5.41) is 8.78. The molecule has 0 amide bonds. The van der Waals surface area contributed by atoms with E-state index in [-0.39, 0.29) is 12.2 Å². The van der Waals surface area contributed by atoms with Crippen LogP contribution in [0.1, 0.15) is 16.7 Å². The fourth-order valence-corrected chi connectivity index (χ4v) is 1.75. The van der Waals surface area contributed by atoms with E-state index in [1.165, 1.54) is 12.1 Å². The average Bonchev–Trinajstić information content (AvgIpc) is 2.40. The topological polar surface area (TPSA) is 59.0 Å². The lowest BCUT2D eigenvalue weighted by atomic mass is 10.1. The Labute approximate surface area is 111 Å². The van der Waals surface area contributed by atoms with Crippen molar-refractivity contribution in [1.82, 2.24) is 0 Å². The van der Waals surface area contributed by atoms with Crippen LogP contribution in [0.4, 0.5) is 10.1 Å². The summed E-state index contributed by atoms with van der Waals surface area (Å²) in [5.74, 6) is 0.213. The van der Waals surface area contributed by atoms with Crippen molar-refractivity contribution in [3.8, 4) is 11.8 Å². The minimum Gasteiger partial charge on any atom is -0.489 e. The molecule has 0 aromatic heterocycles. The van der Waals surface area contributed by atoms with Gasteiger partial charge in [-0.1, -0.05) is 6.07 Å². The normalized spacial score (nSPS) is 9.95. The lowest BCUT2D eigenvalue weighted by Crippen LogP contribution is -2.00. The van der Waals surface area contributed by atoms with E-state index in [2.05, 4.69) is 0 Å². The van der Waals surface area contributed by atoms with E-state index < -0.39 is 5.82 Å². The lowest BCUT2D eigenvalue weighted by Gasteiger charge is -2.11. The maximum atomic E-state index is 13.3. The van der Waals surface area contributed by atoms with Gasteiger partial charge in [0.25, 0.3) is 0 Å². The largest absolute Gasteiger partial charge is 0.489 e. The lowest BCUT2D eigenvalue weighted by molar-refractivity contribution is 0.303. The third-order valence-electron chi connectivity index (χ3n) is 2.81. The van der Waals surface area contributed by atoms with Crippen LogP contribution in [-0.4, -0.2) is 0 Å². The van der Waals surface area contributed by atoms with Crippen LogP contribution in [0, 0.1) is 24.1 Å². The number of benzene rings is 2. The maximum absolute atomic E-state index is 13.3. The quantitative estimate of drug-likeness (QED) is 0.858. The highest BCUT2D eigenvalue weighted by atomic mass is 19.1. The molecule has 0 fully saturated rings. The van der Waals surface area contributed by atoms with E-state index in [4.69, 9.17) is 15.7 Å². The summed E-state index contributed by atoms with van der Waals surface area (Å²) >= 11 is 0. The molecule has 0 atom stereocenters. The molecule has 0 unspecified atom stereocenters. The molecule has 0 saturated carbocycles. The Kier molecular flexibility index (Phi) is 3.67. The highest BCUT2D eigenvalue weighted by Crippen LogP contribution is 2.24. The number of ether oxygens (including phenoxy) is 1. The number of nitriles is 1. The summed E-state index contributed by atoms with van der Waals surface area (Å²) in [7, 11) is 0. The minimum absolute atomic E-state index is 0.191. The van der Waals surface area contributed by atoms with Gasteiger partial charge in [0.2, 0.25) is 0 Å². The summed E-state index contributed by atoms with van der Waals surface area (Å²) in [5.41, 5.74) is 8.16. The first-order chi connectivity index (χ1) is 9.10.